The molecule has 0 aromatic heterocycles. The molecule has 6 N–H and O–H groups in total. The van der Waals surface area contributed by atoms with Crippen molar-refractivity contribution in [2.45, 2.75) is 85.1 Å². The molecular weight excluding hydrogens is 819 g/mol. The van der Waals surface area contributed by atoms with Crippen LogP contribution in [-0.2, 0) is 25.0 Å². The maximum Gasteiger partial charge on any atom is 0.319 e. The second kappa shape index (κ2) is 16.8. The number of hydrogen-bond acceptors (Lipinski definition) is 9. The van der Waals surface area contributed by atoms with E-state index in [1.165, 1.54) is 24.3 Å². The van der Waals surface area contributed by atoms with E-state index in [0.29, 0.717) is 39.3 Å². The number of anilines is 4. The Labute approximate surface area is 355 Å². The molecule has 0 radical (unpaired) electrons. The van der Waals surface area contributed by atoms with Gasteiger partial charge in [0.25, 0.3) is 20.2 Å². The minimum atomic E-state index is -5.00. The smallest absolute Gasteiger partial charge is 0.319 e. The molecule has 0 bridgehead atoms. The fraction of sp³-hybridized carbons (Fsp3) is 0.267. The molecule has 4 aromatic carbocycles. The summed E-state index contributed by atoms with van der Waals surface area (Å²) in [5.74, 6) is -0.302. The van der Waals surface area contributed by atoms with E-state index in [-0.39, 0.29) is 51.3 Å². The van der Waals surface area contributed by atoms with Crippen LogP contribution in [0.5, 0.6) is 0 Å². The average molecular weight is 868 g/mol. The first kappa shape index (κ1) is 44.5. The van der Waals surface area contributed by atoms with Crippen molar-refractivity contribution in [2.24, 2.45) is 10.9 Å². The Hall–Kier alpha value is -6.07. The number of amides is 3. The molecule has 1 aliphatic heterocycles. The van der Waals surface area contributed by atoms with Crippen molar-refractivity contribution >= 4 is 71.6 Å². The molecule has 0 spiro atoms. The van der Waals surface area contributed by atoms with Crippen molar-refractivity contribution in [3.8, 4) is 22.5 Å². The summed E-state index contributed by atoms with van der Waals surface area (Å²) in [5, 5.41) is 12.3. The molecule has 1 heterocycles. The molecule has 1 aliphatic carbocycles. The quantitative estimate of drug-likeness (QED) is 0.0566. The van der Waals surface area contributed by atoms with Crippen LogP contribution in [0.3, 0.4) is 0 Å². The molecule has 0 fully saturated rings. The molecule has 4 aromatic rings. The first-order chi connectivity index (χ1) is 28.5. The third-order valence-corrected chi connectivity index (χ3v) is 12.1. The number of nitrogens with one attached hydrogen (secondary N) is 4. The summed E-state index contributed by atoms with van der Waals surface area (Å²) < 4.78 is 79.6. The van der Waals surface area contributed by atoms with Gasteiger partial charge in [0.1, 0.15) is 21.1 Å². The molecular formula is C45H49N5O9S2. The van der Waals surface area contributed by atoms with Gasteiger partial charge in [-0.05, 0) is 113 Å². The molecule has 0 atom stereocenters. The predicted molar refractivity (Wildman–Crippen MR) is 238 cm³/mol. The minimum Gasteiger partial charge on any atom is -0.456 e. The van der Waals surface area contributed by atoms with E-state index >= 15 is 0 Å². The van der Waals surface area contributed by atoms with Gasteiger partial charge in [0, 0.05) is 63.2 Å². The van der Waals surface area contributed by atoms with Gasteiger partial charge in [0.05, 0.1) is 16.7 Å². The summed E-state index contributed by atoms with van der Waals surface area (Å²) in [7, 11) is -9.81. The van der Waals surface area contributed by atoms with Gasteiger partial charge in [-0.3, -0.25) is 13.9 Å². The highest BCUT2D eigenvalue weighted by Crippen LogP contribution is 2.44. The number of urea groups is 1. The zero-order chi connectivity index (χ0) is 44.9. The van der Waals surface area contributed by atoms with Crippen LogP contribution in [0.1, 0.15) is 61.1 Å². The highest BCUT2D eigenvalue weighted by molar-refractivity contribution is 7.86. The second-order valence-electron chi connectivity index (χ2n) is 15.8. The number of benzene rings is 5. The van der Waals surface area contributed by atoms with Crippen molar-refractivity contribution in [1.82, 2.24) is 5.32 Å². The maximum atomic E-state index is 13.2. The lowest BCUT2D eigenvalue weighted by atomic mass is 9.93. The first-order valence-corrected chi connectivity index (χ1v) is 22.3. The van der Waals surface area contributed by atoms with Gasteiger partial charge in [-0.1, -0.05) is 44.2 Å². The fourth-order valence-electron chi connectivity index (χ4n) is 7.52. The summed E-state index contributed by atoms with van der Waals surface area (Å²) in [5.41, 5.74) is 7.84. The summed E-state index contributed by atoms with van der Waals surface area (Å²) in [4.78, 5) is 29.2. The van der Waals surface area contributed by atoms with Crippen LogP contribution in [0.15, 0.2) is 85.9 Å². The number of nitrogens with zero attached hydrogens (tertiary/aromatic N) is 1. The fourth-order valence-corrected chi connectivity index (χ4v) is 8.85. The largest absolute Gasteiger partial charge is 0.456 e. The second-order valence-corrected chi connectivity index (χ2v) is 18.6. The van der Waals surface area contributed by atoms with Crippen molar-refractivity contribution in [3.63, 3.8) is 0 Å². The minimum absolute atomic E-state index is 0.0406. The van der Waals surface area contributed by atoms with Crippen LogP contribution in [0.4, 0.5) is 33.2 Å². The van der Waals surface area contributed by atoms with Crippen LogP contribution in [0, 0.1) is 47.5 Å². The summed E-state index contributed by atoms with van der Waals surface area (Å²) in [6.45, 7) is 18.4. The Balaban J connectivity index is 1.65. The van der Waals surface area contributed by atoms with Crippen molar-refractivity contribution in [2.75, 3.05) is 16.0 Å². The summed E-state index contributed by atoms with van der Waals surface area (Å²) in [6.07, 6.45) is 0. The summed E-state index contributed by atoms with van der Waals surface area (Å²) >= 11 is 0. The van der Waals surface area contributed by atoms with E-state index in [1.54, 1.807) is 44.2 Å². The Bertz CT molecular complexity index is 3050. The highest BCUT2D eigenvalue weighted by Gasteiger charge is 2.27. The van der Waals surface area contributed by atoms with Crippen molar-refractivity contribution in [1.29, 1.82) is 0 Å². The molecule has 3 amide bonds. The van der Waals surface area contributed by atoms with Crippen LogP contribution in [0.2, 0.25) is 0 Å². The lowest BCUT2D eigenvalue weighted by Gasteiger charge is -2.21. The number of carbonyl (C=O) groups excluding carboxylic acids is 2. The number of aryl methyl sites for hydroxylation is 4. The van der Waals surface area contributed by atoms with E-state index in [0.717, 1.165) is 34.0 Å². The molecule has 0 unspecified atom stereocenters. The normalized spacial score (nSPS) is 12.4. The number of rotatable bonds is 10. The van der Waals surface area contributed by atoms with E-state index < -0.39 is 36.1 Å². The van der Waals surface area contributed by atoms with Gasteiger partial charge in [-0.2, -0.15) is 16.8 Å². The van der Waals surface area contributed by atoms with E-state index in [9.17, 15) is 35.5 Å². The van der Waals surface area contributed by atoms with Gasteiger partial charge in [-0.15, -0.1) is 0 Å². The SMILES string of the molecule is Cc1cc(C)c(NC(=O)NC(C)C)c(C)c1/N=c1/cc2oc3cc(Nc4c(C)cc(C)c(NC(=O)C(C)C)c4C)ccc3c(-c3ccccc3S(=O)(=O)O)c-2cc1S(=O)(=O)O. The molecule has 16 heteroatoms. The standard InChI is InChI=1S/C45H49N5O9S2/c1-22(2)44(51)49-42-26(7)17-24(5)40(28(42)9)47-30-15-16-31-35(19-30)59-36-21-34(48-41-25(6)18-27(8)43(29(41)10)50-45(52)46-23(3)4)38(61(56,57)58)20-33(36)39(31)32-13-11-12-14-37(32)60(53,54)55/h11-23,47H,1-10H3,(H,49,51)(H2,46,50,52)(H,53,54,55)(H,56,57,58)/b48-34-. The molecule has 6 rings (SSSR count). The topological polar surface area (TPSA) is 216 Å². The average Bonchev–Trinajstić information content (AvgIpc) is 3.15. The van der Waals surface area contributed by atoms with Crippen molar-refractivity contribution < 1.29 is 39.9 Å². The lowest BCUT2D eigenvalue weighted by molar-refractivity contribution is -0.118. The number of carbonyl (C=O) groups is 2. The first-order valence-electron chi connectivity index (χ1n) is 19.5. The predicted octanol–water partition coefficient (Wildman–Crippen LogP) is 9.65. The molecule has 0 saturated carbocycles. The number of fused-ring (bicyclic) bond motifs is 2. The third-order valence-electron chi connectivity index (χ3n) is 10.3. The molecule has 2 aliphatic rings. The van der Waals surface area contributed by atoms with Crippen LogP contribution < -0.4 is 26.6 Å². The Morgan fingerprint density at radius 2 is 1.28 bits per heavy atom. The lowest BCUT2D eigenvalue weighted by Crippen LogP contribution is -2.34. The third kappa shape index (κ3) is 9.17. The van der Waals surface area contributed by atoms with Gasteiger partial charge in [-0.25, -0.2) is 9.79 Å². The van der Waals surface area contributed by atoms with Crippen LogP contribution in [0.25, 0.3) is 33.4 Å². The molecule has 14 nitrogen and oxygen atoms in total. The zero-order valence-corrected chi connectivity index (χ0v) is 37.2. The van der Waals surface area contributed by atoms with Gasteiger partial charge >= 0.3 is 6.03 Å². The zero-order valence-electron chi connectivity index (χ0n) is 35.5. The monoisotopic (exact) mass is 867 g/mol. The maximum absolute atomic E-state index is 13.2. The van der Waals surface area contributed by atoms with Gasteiger partial charge in [0.15, 0.2) is 0 Å². The van der Waals surface area contributed by atoms with E-state index in [4.69, 9.17) is 9.41 Å². The molecule has 0 saturated heterocycles. The Morgan fingerprint density at radius 1 is 0.672 bits per heavy atom. The van der Waals surface area contributed by atoms with E-state index in [2.05, 4.69) is 21.3 Å². The van der Waals surface area contributed by atoms with Crippen molar-refractivity contribution in [3.05, 3.63) is 105 Å². The Kier molecular flexibility index (Phi) is 12.2. The van der Waals surface area contributed by atoms with Crippen LogP contribution in [-0.4, -0.2) is 43.9 Å². The van der Waals surface area contributed by atoms with Gasteiger partial charge in [0.2, 0.25) is 5.91 Å². The van der Waals surface area contributed by atoms with E-state index in [1.807, 2.05) is 61.5 Å². The molecule has 320 valence electrons. The Morgan fingerprint density at radius 3 is 1.90 bits per heavy atom. The van der Waals surface area contributed by atoms with Gasteiger partial charge < -0.3 is 25.7 Å². The highest BCUT2D eigenvalue weighted by atomic mass is 32.2. The van der Waals surface area contributed by atoms with Crippen LogP contribution >= 0.6 is 0 Å². The summed E-state index contributed by atoms with van der Waals surface area (Å²) in [6, 6.07) is 16.5. The number of hydrogen-bond donors (Lipinski definition) is 6. The molecule has 61 heavy (non-hydrogen) atoms.